The first kappa shape index (κ1) is 32.0. The van der Waals surface area contributed by atoms with E-state index in [9.17, 15) is 18.3 Å². The molecule has 0 saturated heterocycles. The van der Waals surface area contributed by atoms with Crippen molar-refractivity contribution in [3.05, 3.63) is 83.5 Å². The van der Waals surface area contributed by atoms with Gasteiger partial charge in [-0.1, -0.05) is 17.7 Å². The molecule has 1 N–H and O–H groups in total. The number of pyridine rings is 1. The van der Waals surface area contributed by atoms with Crippen molar-refractivity contribution in [2.24, 2.45) is 0 Å². The first-order valence-corrected chi connectivity index (χ1v) is 17.6. The number of hydrogen-bond donors (Lipinski definition) is 1. The molecule has 1 saturated carbocycles. The lowest BCUT2D eigenvalue weighted by Crippen LogP contribution is -2.33. The van der Waals surface area contributed by atoms with Crippen LogP contribution in [0.2, 0.25) is 0 Å². The maximum Gasteiger partial charge on any atom is 0.419 e. The molecule has 0 bridgehead atoms. The van der Waals surface area contributed by atoms with Crippen molar-refractivity contribution in [1.29, 1.82) is 0 Å². The van der Waals surface area contributed by atoms with Crippen LogP contribution >= 0.6 is 11.3 Å². The number of ether oxygens (including phenoxy) is 2. The molecule has 7 rings (SSSR count). The van der Waals surface area contributed by atoms with E-state index in [1.165, 1.54) is 47.5 Å². The van der Waals surface area contributed by atoms with Crippen LogP contribution < -0.4 is 4.74 Å². The monoisotopic (exact) mass is 688 g/mol. The summed E-state index contributed by atoms with van der Waals surface area (Å²) in [6.45, 7) is 7.11. The summed E-state index contributed by atoms with van der Waals surface area (Å²) in [4.78, 5) is 22.7. The van der Waals surface area contributed by atoms with Crippen LogP contribution in [0.1, 0.15) is 50.6 Å². The van der Waals surface area contributed by atoms with E-state index in [-0.39, 0.29) is 27.2 Å². The molecule has 248 valence electrons. The van der Waals surface area contributed by atoms with E-state index in [2.05, 4.69) is 9.97 Å². The van der Waals surface area contributed by atoms with Crippen molar-refractivity contribution in [3.8, 4) is 27.4 Å². The van der Waals surface area contributed by atoms with Crippen LogP contribution in [-0.4, -0.2) is 50.8 Å². The highest BCUT2D eigenvalue weighted by atomic mass is 32.2. The zero-order valence-corrected chi connectivity index (χ0v) is 28.6. The maximum atomic E-state index is 15.8. The van der Waals surface area contributed by atoms with Gasteiger partial charge in [0.1, 0.15) is 22.0 Å². The Kier molecular flexibility index (Phi) is 7.49. The zero-order chi connectivity index (χ0) is 34.2. The second-order valence-electron chi connectivity index (χ2n) is 13.0. The van der Waals surface area contributed by atoms with Crippen LogP contribution in [-0.2, 0) is 20.4 Å². The predicted molar refractivity (Wildman–Crippen MR) is 181 cm³/mol. The average molecular weight is 689 g/mol. The molecule has 0 atom stereocenters. The summed E-state index contributed by atoms with van der Waals surface area (Å²) in [5.74, 6) is -0.196. The first-order valence-electron chi connectivity index (χ1n) is 15.3. The van der Waals surface area contributed by atoms with Crippen LogP contribution in [0.15, 0.2) is 72.0 Å². The van der Waals surface area contributed by atoms with Gasteiger partial charge in [-0.2, -0.15) is 0 Å². The minimum atomic E-state index is -4.34. The summed E-state index contributed by atoms with van der Waals surface area (Å²) in [7, 11) is -2.84. The first-order chi connectivity index (χ1) is 22.7. The molecule has 4 aromatic heterocycles. The molecular formula is C35H33FN4O6S2. The van der Waals surface area contributed by atoms with Gasteiger partial charge in [0.2, 0.25) is 0 Å². The Hall–Kier alpha value is -4.59. The van der Waals surface area contributed by atoms with Gasteiger partial charge in [-0.15, -0.1) is 11.3 Å². The highest BCUT2D eigenvalue weighted by Crippen LogP contribution is 2.46. The van der Waals surface area contributed by atoms with Crippen molar-refractivity contribution in [2.75, 3.05) is 7.11 Å². The number of aliphatic hydroxyl groups is 1. The lowest BCUT2D eigenvalue weighted by atomic mass is 9.81. The van der Waals surface area contributed by atoms with Gasteiger partial charge in [-0.25, -0.2) is 31.5 Å². The number of benzene rings is 2. The zero-order valence-electron chi connectivity index (χ0n) is 26.9. The molecule has 2 aromatic carbocycles. The molecule has 10 nitrogen and oxygen atoms in total. The Morgan fingerprint density at radius 3 is 2.42 bits per heavy atom. The summed E-state index contributed by atoms with van der Waals surface area (Å²) in [5.41, 5.74) is 0.0528. The van der Waals surface area contributed by atoms with Crippen molar-refractivity contribution in [1.82, 2.24) is 18.5 Å². The third-order valence-corrected chi connectivity index (χ3v) is 11.4. The van der Waals surface area contributed by atoms with Crippen LogP contribution in [0.3, 0.4) is 0 Å². The fourth-order valence-corrected chi connectivity index (χ4v) is 8.53. The molecule has 0 radical (unpaired) electrons. The molecule has 6 aromatic rings. The number of rotatable bonds is 6. The second-order valence-corrected chi connectivity index (χ2v) is 15.8. The fraction of sp³-hybridized carbons (Fsp3) is 0.286. The van der Waals surface area contributed by atoms with Gasteiger partial charge >= 0.3 is 6.09 Å². The number of halogens is 1. The number of thiazole rings is 1. The Bertz CT molecular complexity index is 2350. The highest BCUT2D eigenvalue weighted by molar-refractivity contribution is 7.90. The normalized spacial score (nSPS) is 14.7. The smallest absolute Gasteiger partial charge is 0.419 e. The van der Waals surface area contributed by atoms with Crippen molar-refractivity contribution in [2.45, 2.75) is 63.1 Å². The summed E-state index contributed by atoms with van der Waals surface area (Å²) >= 11 is 1.17. The number of methoxy groups -OCH3 is 1. The highest BCUT2D eigenvalue weighted by Gasteiger charge is 2.39. The molecule has 1 aliphatic carbocycles. The fourth-order valence-electron chi connectivity index (χ4n) is 5.93. The van der Waals surface area contributed by atoms with E-state index >= 15 is 4.39 Å². The largest absolute Gasteiger partial charge is 0.497 e. The molecule has 13 heteroatoms. The van der Waals surface area contributed by atoms with Crippen molar-refractivity contribution >= 4 is 49.4 Å². The number of fused-ring (bicyclic) bond motifs is 2. The van der Waals surface area contributed by atoms with Crippen LogP contribution in [0.5, 0.6) is 5.75 Å². The molecule has 48 heavy (non-hydrogen) atoms. The van der Waals surface area contributed by atoms with Gasteiger partial charge in [0.15, 0.2) is 11.5 Å². The Labute approximate surface area is 280 Å². The van der Waals surface area contributed by atoms with E-state index in [0.717, 1.165) is 22.2 Å². The molecule has 1 fully saturated rings. The minimum absolute atomic E-state index is 0.000248. The number of carbonyl (C=O) groups excluding carboxylic acids is 1. The second kappa shape index (κ2) is 11.2. The van der Waals surface area contributed by atoms with Crippen molar-refractivity contribution < 1.29 is 32.2 Å². The van der Waals surface area contributed by atoms with E-state index in [1.807, 2.05) is 6.92 Å². The van der Waals surface area contributed by atoms with E-state index in [1.54, 1.807) is 57.2 Å². The van der Waals surface area contributed by atoms with Crippen molar-refractivity contribution in [3.63, 3.8) is 0 Å². The van der Waals surface area contributed by atoms with E-state index < -0.39 is 33.1 Å². The van der Waals surface area contributed by atoms with E-state index in [4.69, 9.17) is 9.47 Å². The molecule has 4 heterocycles. The minimum Gasteiger partial charge on any atom is -0.497 e. The van der Waals surface area contributed by atoms with Gasteiger partial charge in [0, 0.05) is 34.3 Å². The molecule has 1 aliphatic rings. The molecule has 0 amide bonds. The molecule has 0 spiro atoms. The number of carbonyl (C=O) groups is 1. The Morgan fingerprint density at radius 2 is 1.77 bits per heavy atom. The number of aryl methyl sites for hydroxylation is 1. The molecule has 0 aliphatic heterocycles. The summed E-state index contributed by atoms with van der Waals surface area (Å²) in [6, 6.07) is 13.1. The molecular weight excluding hydrogens is 656 g/mol. The van der Waals surface area contributed by atoms with Crippen LogP contribution in [0, 0.1) is 12.7 Å². The number of aromatic nitrogens is 4. The summed E-state index contributed by atoms with van der Waals surface area (Å²) in [6.07, 6.45) is 5.34. The SMILES string of the molecule is COc1ccc2c(c1)c(-c1cc3c(-c4cnc(C5(O)CCC5)s4)c(F)cnc3n1S(=O)(=O)c1ccc(C)cc1)cn2C(=O)OC(C)(C)C. The van der Waals surface area contributed by atoms with Gasteiger partial charge in [0.05, 0.1) is 34.3 Å². The van der Waals surface area contributed by atoms with E-state index in [0.29, 0.717) is 44.9 Å². The van der Waals surface area contributed by atoms with Crippen LogP contribution in [0.4, 0.5) is 9.18 Å². The Balaban J connectivity index is 1.55. The number of nitrogens with zero attached hydrogens (tertiary/aromatic N) is 4. The van der Waals surface area contributed by atoms with Crippen LogP contribution in [0.25, 0.3) is 43.6 Å². The van der Waals surface area contributed by atoms with Gasteiger partial charge in [0.25, 0.3) is 10.0 Å². The molecule has 0 unspecified atom stereocenters. The van der Waals surface area contributed by atoms with Gasteiger partial charge in [-0.3, -0.25) is 4.57 Å². The quantitative estimate of drug-likeness (QED) is 0.189. The standard InChI is InChI=1S/C35H33FN4O6S2/c1-20-7-10-22(11-8-20)48(43,44)40-28(25-19-39(33(41)46-34(2,3)4)27-12-9-21(45-5)15-23(25)27)16-24-30(26(36)17-37-31(24)40)29-18-38-32(47-29)35(42)13-6-14-35/h7-12,15-19,42H,6,13-14H2,1-5H3. The van der Waals surface area contributed by atoms with Gasteiger partial charge in [-0.05, 0) is 83.4 Å². The Morgan fingerprint density at radius 1 is 1.04 bits per heavy atom. The lowest BCUT2D eigenvalue weighted by Gasteiger charge is -2.34. The number of hydrogen-bond acceptors (Lipinski definition) is 9. The lowest BCUT2D eigenvalue weighted by molar-refractivity contribution is -0.0389. The predicted octanol–water partition coefficient (Wildman–Crippen LogP) is 7.63. The maximum absolute atomic E-state index is 15.8. The topological polar surface area (TPSA) is 126 Å². The van der Waals surface area contributed by atoms with Gasteiger partial charge < -0.3 is 14.6 Å². The average Bonchev–Trinajstić information content (AvgIpc) is 3.75. The third kappa shape index (κ3) is 5.26. The summed E-state index contributed by atoms with van der Waals surface area (Å²) < 4.78 is 58.6. The summed E-state index contributed by atoms with van der Waals surface area (Å²) in [5, 5.41) is 12.1. The third-order valence-electron chi connectivity index (χ3n) is 8.51.